The number of hydrazone groups is 1. The molecule has 0 radical (unpaired) electrons. The molecular formula is C25H25N3O. The maximum Gasteiger partial charge on any atom is 0.176 e. The van der Waals surface area contributed by atoms with Crippen molar-refractivity contribution in [1.82, 2.24) is 0 Å². The summed E-state index contributed by atoms with van der Waals surface area (Å²) in [4.78, 5) is 12.6. The van der Waals surface area contributed by atoms with E-state index in [4.69, 9.17) is 5.10 Å². The smallest absolute Gasteiger partial charge is 0.176 e. The Bertz CT molecular complexity index is 1060. The van der Waals surface area contributed by atoms with Crippen molar-refractivity contribution in [2.45, 2.75) is 25.8 Å². The third kappa shape index (κ3) is 3.54. The number of aryl methyl sites for hydroxylation is 1. The molecule has 0 fully saturated rings. The predicted octanol–water partition coefficient (Wildman–Crippen LogP) is 5.33. The van der Waals surface area contributed by atoms with E-state index in [0.717, 1.165) is 22.5 Å². The van der Waals surface area contributed by atoms with Crippen LogP contribution in [-0.4, -0.2) is 18.5 Å². The van der Waals surface area contributed by atoms with Gasteiger partial charge in [-0.05, 0) is 30.2 Å². The molecule has 1 aliphatic heterocycles. The lowest BCUT2D eigenvalue weighted by molar-refractivity contribution is -0.111. The highest BCUT2D eigenvalue weighted by atomic mass is 16.1. The van der Waals surface area contributed by atoms with Gasteiger partial charge >= 0.3 is 0 Å². The summed E-state index contributed by atoms with van der Waals surface area (Å²) >= 11 is 0. The van der Waals surface area contributed by atoms with Crippen molar-refractivity contribution in [1.29, 1.82) is 0 Å². The predicted molar refractivity (Wildman–Crippen MR) is 120 cm³/mol. The number of anilines is 2. The Kier molecular flexibility index (Phi) is 5.17. The second-order valence-electron chi connectivity index (χ2n) is 7.40. The van der Waals surface area contributed by atoms with Crippen molar-refractivity contribution in [2.24, 2.45) is 5.10 Å². The topological polar surface area (TPSA) is 44.7 Å². The van der Waals surface area contributed by atoms with Gasteiger partial charge in [0.15, 0.2) is 5.78 Å². The first-order valence-electron chi connectivity index (χ1n) is 9.87. The quantitative estimate of drug-likeness (QED) is 0.648. The van der Waals surface area contributed by atoms with Crippen LogP contribution in [0.2, 0.25) is 0 Å². The van der Waals surface area contributed by atoms with Crippen molar-refractivity contribution >= 4 is 22.9 Å². The fraction of sp³-hybridized carbons (Fsp3) is 0.200. The average Bonchev–Trinajstić information content (AvgIpc) is 3.15. The molecule has 0 spiro atoms. The Morgan fingerprint density at radius 1 is 0.931 bits per heavy atom. The second-order valence-corrected chi connectivity index (χ2v) is 7.40. The Balaban J connectivity index is 1.93. The van der Waals surface area contributed by atoms with Crippen molar-refractivity contribution in [3.8, 4) is 0 Å². The first kappa shape index (κ1) is 18.9. The van der Waals surface area contributed by atoms with E-state index in [9.17, 15) is 4.79 Å². The zero-order valence-corrected chi connectivity index (χ0v) is 17.0. The number of carbonyl (C=O) groups excluding carboxylic acids is 1. The molecule has 0 saturated heterocycles. The standard InChI is InChI=1S/C25H25N3O/c1-17-10-9-13-20(16-17)23-24(18(2)29)27-28(22-15-8-7-14-21(22)26-3)25(23)19-11-5-4-6-12-19/h4-16,23,25-26H,1-3H3. The normalized spacial score (nSPS) is 18.4. The Hall–Kier alpha value is -3.40. The Labute approximate surface area is 171 Å². The maximum atomic E-state index is 12.6. The zero-order valence-electron chi connectivity index (χ0n) is 17.0. The van der Waals surface area contributed by atoms with Crippen molar-refractivity contribution < 1.29 is 4.79 Å². The van der Waals surface area contributed by atoms with Crippen LogP contribution in [0.1, 0.15) is 35.6 Å². The minimum absolute atomic E-state index is 0.00174. The van der Waals surface area contributed by atoms with E-state index in [1.54, 1.807) is 6.92 Å². The van der Waals surface area contributed by atoms with Gasteiger partial charge in [0.05, 0.1) is 23.3 Å². The molecule has 0 saturated carbocycles. The van der Waals surface area contributed by atoms with Gasteiger partial charge in [-0.15, -0.1) is 0 Å². The number of para-hydroxylation sites is 2. The van der Waals surface area contributed by atoms with E-state index < -0.39 is 0 Å². The molecule has 2 atom stereocenters. The molecule has 4 heteroatoms. The van der Waals surface area contributed by atoms with Gasteiger partial charge in [0.2, 0.25) is 0 Å². The molecular weight excluding hydrogens is 358 g/mol. The van der Waals surface area contributed by atoms with E-state index in [2.05, 4.69) is 48.6 Å². The van der Waals surface area contributed by atoms with E-state index in [1.165, 1.54) is 5.56 Å². The molecule has 1 N–H and O–H groups in total. The summed E-state index contributed by atoms with van der Waals surface area (Å²) in [6, 6.07) is 26.7. The molecule has 3 aromatic rings. The lowest BCUT2D eigenvalue weighted by Gasteiger charge is -2.30. The summed E-state index contributed by atoms with van der Waals surface area (Å²) in [6.45, 7) is 3.69. The number of nitrogens with zero attached hydrogens (tertiary/aromatic N) is 2. The highest BCUT2D eigenvalue weighted by Gasteiger charge is 2.42. The molecule has 3 aromatic carbocycles. The third-order valence-electron chi connectivity index (χ3n) is 5.41. The number of benzene rings is 3. The number of ketones is 1. The van der Waals surface area contributed by atoms with Crippen molar-refractivity contribution in [2.75, 3.05) is 17.4 Å². The highest BCUT2D eigenvalue weighted by Crippen LogP contribution is 2.46. The van der Waals surface area contributed by atoms with Gasteiger partial charge in [0, 0.05) is 14.0 Å². The van der Waals surface area contributed by atoms with Gasteiger partial charge in [0.25, 0.3) is 0 Å². The van der Waals surface area contributed by atoms with Crippen LogP contribution in [0.25, 0.3) is 0 Å². The molecule has 29 heavy (non-hydrogen) atoms. The van der Waals surface area contributed by atoms with Crippen LogP contribution in [0.5, 0.6) is 0 Å². The molecule has 2 unspecified atom stereocenters. The van der Waals surface area contributed by atoms with Crippen LogP contribution < -0.4 is 10.3 Å². The lowest BCUT2D eigenvalue weighted by atomic mass is 9.82. The number of hydrogen-bond acceptors (Lipinski definition) is 4. The zero-order chi connectivity index (χ0) is 20.4. The largest absolute Gasteiger partial charge is 0.386 e. The van der Waals surface area contributed by atoms with Crippen LogP contribution in [0.3, 0.4) is 0 Å². The first-order valence-corrected chi connectivity index (χ1v) is 9.87. The molecule has 1 aliphatic rings. The monoisotopic (exact) mass is 383 g/mol. The van der Waals surface area contributed by atoms with Gasteiger partial charge in [-0.2, -0.15) is 5.10 Å². The fourth-order valence-corrected chi connectivity index (χ4v) is 4.10. The average molecular weight is 383 g/mol. The molecule has 0 aromatic heterocycles. The van der Waals surface area contributed by atoms with E-state index in [0.29, 0.717) is 5.71 Å². The van der Waals surface area contributed by atoms with E-state index >= 15 is 0 Å². The summed E-state index contributed by atoms with van der Waals surface area (Å²) in [6.07, 6.45) is 0. The fourth-order valence-electron chi connectivity index (χ4n) is 4.10. The van der Waals surface area contributed by atoms with E-state index in [1.807, 2.05) is 54.5 Å². The summed E-state index contributed by atoms with van der Waals surface area (Å²) in [5, 5.41) is 10.1. The lowest BCUT2D eigenvalue weighted by Crippen LogP contribution is -2.26. The Morgan fingerprint density at radius 2 is 1.62 bits per heavy atom. The van der Waals surface area contributed by atoms with Crippen LogP contribution in [0.4, 0.5) is 11.4 Å². The first-order chi connectivity index (χ1) is 14.1. The van der Waals surface area contributed by atoms with Gasteiger partial charge in [0.1, 0.15) is 5.71 Å². The minimum atomic E-state index is -0.139. The maximum absolute atomic E-state index is 12.6. The summed E-state index contributed by atoms with van der Waals surface area (Å²) in [5.74, 6) is -0.137. The van der Waals surface area contributed by atoms with Gasteiger partial charge < -0.3 is 5.32 Å². The molecule has 0 amide bonds. The van der Waals surface area contributed by atoms with Crippen molar-refractivity contribution in [3.63, 3.8) is 0 Å². The summed E-state index contributed by atoms with van der Waals surface area (Å²) in [5.41, 5.74) is 5.94. The minimum Gasteiger partial charge on any atom is -0.386 e. The van der Waals surface area contributed by atoms with Gasteiger partial charge in [-0.25, -0.2) is 0 Å². The second kappa shape index (κ2) is 7.92. The molecule has 4 nitrogen and oxygen atoms in total. The van der Waals surface area contributed by atoms with Gasteiger partial charge in [-0.3, -0.25) is 9.80 Å². The van der Waals surface area contributed by atoms with Crippen molar-refractivity contribution in [3.05, 3.63) is 95.6 Å². The molecule has 1 heterocycles. The number of rotatable bonds is 5. The SMILES string of the molecule is CNc1ccccc1N1N=C(C(C)=O)C(c2cccc(C)c2)C1c1ccccc1. The third-order valence-corrected chi connectivity index (χ3v) is 5.41. The van der Waals surface area contributed by atoms with E-state index in [-0.39, 0.29) is 17.7 Å². The molecule has 146 valence electrons. The molecule has 0 bridgehead atoms. The van der Waals surface area contributed by atoms with Gasteiger partial charge in [-0.1, -0.05) is 72.3 Å². The van der Waals surface area contributed by atoms with Crippen LogP contribution >= 0.6 is 0 Å². The number of Topliss-reactive ketones (excluding diaryl/α,β-unsaturated/α-hetero) is 1. The van der Waals surface area contributed by atoms with Crippen LogP contribution in [0.15, 0.2) is 84.0 Å². The van der Waals surface area contributed by atoms with Crippen LogP contribution in [0, 0.1) is 6.92 Å². The Morgan fingerprint density at radius 3 is 2.31 bits per heavy atom. The summed E-state index contributed by atoms with van der Waals surface area (Å²) in [7, 11) is 1.90. The molecule has 4 rings (SSSR count). The number of carbonyl (C=O) groups is 1. The highest BCUT2D eigenvalue weighted by molar-refractivity contribution is 6.42. The van der Waals surface area contributed by atoms with Crippen LogP contribution in [-0.2, 0) is 4.79 Å². The molecule has 0 aliphatic carbocycles. The number of hydrogen-bond donors (Lipinski definition) is 1. The number of nitrogens with one attached hydrogen (secondary N) is 1. The summed E-state index contributed by atoms with van der Waals surface area (Å²) < 4.78 is 0.